The summed E-state index contributed by atoms with van der Waals surface area (Å²) in [5.41, 5.74) is 0.109. The van der Waals surface area contributed by atoms with Gasteiger partial charge in [0.1, 0.15) is 11.8 Å². The molecule has 2 heterocycles. The lowest BCUT2D eigenvalue weighted by molar-refractivity contribution is -0.142. The Morgan fingerprint density at radius 2 is 1.84 bits per heavy atom. The molecule has 1 aliphatic heterocycles. The fourth-order valence-corrected chi connectivity index (χ4v) is 2.58. The van der Waals surface area contributed by atoms with Crippen molar-refractivity contribution in [3.8, 4) is 5.88 Å². The van der Waals surface area contributed by atoms with Gasteiger partial charge in [0.25, 0.3) is 0 Å². The van der Waals surface area contributed by atoms with Crippen molar-refractivity contribution in [1.29, 1.82) is 0 Å². The molecule has 7 heteroatoms. The van der Waals surface area contributed by atoms with Gasteiger partial charge in [0, 0.05) is 12.5 Å². The van der Waals surface area contributed by atoms with Crippen molar-refractivity contribution >= 4 is 5.91 Å². The highest BCUT2D eigenvalue weighted by Gasteiger charge is 2.34. The molecule has 4 nitrogen and oxygen atoms in total. The number of alkyl halides is 3. The zero-order valence-corrected chi connectivity index (χ0v) is 13.4. The number of ether oxygens (including phenoxy) is 1. The van der Waals surface area contributed by atoms with Crippen molar-refractivity contribution in [3.05, 3.63) is 59.8 Å². The summed E-state index contributed by atoms with van der Waals surface area (Å²) < 4.78 is 43.3. The molecule has 0 saturated carbocycles. The Morgan fingerprint density at radius 1 is 1.12 bits per heavy atom. The van der Waals surface area contributed by atoms with Crippen LogP contribution in [0.1, 0.15) is 17.7 Å². The van der Waals surface area contributed by atoms with Gasteiger partial charge in [-0.05, 0) is 18.1 Å². The monoisotopic (exact) mass is 350 g/mol. The molecule has 3 rings (SSSR count). The maximum Gasteiger partial charge on any atom is 0.433 e. The quantitative estimate of drug-likeness (QED) is 0.831. The summed E-state index contributed by atoms with van der Waals surface area (Å²) in [4.78, 5) is 17.2. The normalized spacial score (nSPS) is 14.9. The molecule has 0 aliphatic carbocycles. The number of benzene rings is 1. The molecule has 0 spiro atoms. The van der Waals surface area contributed by atoms with Gasteiger partial charge in [-0.1, -0.05) is 36.4 Å². The van der Waals surface area contributed by atoms with Gasteiger partial charge in [0.15, 0.2) is 0 Å². The smallest absolute Gasteiger partial charge is 0.433 e. The molecule has 0 bridgehead atoms. The van der Waals surface area contributed by atoms with E-state index in [-0.39, 0.29) is 17.9 Å². The molecule has 0 unspecified atom stereocenters. The number of amides is 1. The Kier molecular flexibility index (Phi) is 4.92. The van der Waals surface area contributed by atoms with Crippen LogP contribution in [0, 0.1) is 0 Å². The lowest BCUT2D eigenvalue weighted by atomic mass is 10.1. The topological polar surface area (TPSA) is 42.4 Å². The molecule has 1 aromatic heterocycles. The van der Waals surface area contributed by atoms with Crippen LogP contribution in [0.5, 0.6) is 5.88 Å². The van der Waals surface area contributed by atoms with Gasteiger partial charge in [-0.15, -0.1) is 0 Å². The van der Waals surface area contributed by atoms with Crippen LogP contribution in [-0.2, 0) is 17.4 Å². The Morgan fingerprint density at radius 3 is 2.52 bits per heavy atom. The van der Waals surface area contributed by atoms with Crippen molar-refractivity contribution < 1.29 is 22.7 Å². The van der Waals surface area contributed by atoms with Gasteiger partial charge < -0.3 is 9.64 Å². The minimum Gasteiger partial charge on any atom is -0.471 e. The molecule has 132 valence electrons. The zero-order chi connectivity index (χ0) is 17.9. The van der Waals surface area contributed by atoms with Gasteiger partial charge in [0.2, 0.25) is 11.8 Å². The van der Waals surface area contributed by atoms with Crippen LogP contribution in [-0.4, -0.2) is 35.0 Å². The SMILES string of the molecule is O=C(CCc1ccccc1)N1CC(Oc2cccc(C(F)(F)F)n2)C1. The zero-order valence-electron chi connectivity index (χ0n) is 13.4. The second-order valence-electron chi connectivity index (χ2n) is 5.88. The predicted octanol–water partition coefficient (Wildman–Crippen LogP) is 3.32. The minimum absolute atomic E-state index is 0.0145. The average Bonchev–Trinajstić information content (AvgIpc) is 2.56. The van der Waals surface area contributed by atoms with Crippen LogP contribution in [0.25, 0.3) is 0 Å². The summed E-state index contributed by atoms with van der Waals surface area (Å²) >= 11 is 0. The second kappa shape index (κ2) is 7.13. The standard InChI is InChI=1S/C18H17F3N2O2/c19-18(20,21)15-7-4-8-16(22-15)25-14-11-23(12-14)17(24)10-9-13-5-2-1-3-6-13/h1-8,14H,9-12H2. The summed E-state index contributed by atoms with van der Waals surface area (Å²) in [5, 5.41) is 0. The van der Waals surface area contributed by atoms with E-state index in [1.807, 2.05) is 30.3 Å². The predicted molar refractivity (Wildman–Crippen MR) is 85.0 cm³/mol. The largest absolute Gasteiger partial charge is 0.471 e. The van der Waals surface area contributed by atoms with Crippen molar-refractivity contribution in [2.75, 3.05) is 13.1 Å². The molecule has 2 aromatic rings. The van der Waals surface area contributed by atoms with E-state index in [4.69, 9.17) is 4.74 Å². The number of pyridine rings is 1. The average molecular weight is 350 g/mol. The Labute approximate surface area is 143 Å². The van der Waals surface area contributed by atoms with Crippen molar-refractivity contribution in [3.63, 3.8) is 0 Å². The van der Waals surface area contributed by atoms with E-state index in [0.717, 1.165) is 11.6 Å². The van der Waals surface area contributed by atoms with E-state index in [0.29, 0.717) is 25.9 Å². The number of aromatic nitrogens is 1. The fraction of sp³-hybridized carbons (Fsp3) is 0.333. The highest BCUT2D eigenvalue weighted by Crippen LogP contribution is 2.29. The molecule has 0 N–H and O–H groups in total. The summed E-state index contributed by atoms with van der Waals surface area (Å²) in [6.45, 7) is 0.733. The van der Waals surface area contributed by atoms with Crippen LogP contribution in [0.15, 0.2) is 48.5 Å². The summed E-state index contributed by atoms with van der Waals surface area (Å²) in [5.74, 6) is -0.0584. The molecule has 1 aliphatic rings. The highest BCUT2D eigenvalue weighted by atomic mass is 19.4. The van der Waals surface area contributed by atoms with Gasteiger partial charge in [0.05, 0.1) is 13.1 Å². The highest BCUT2D eigenvalue weighted by molar-refractivity contribution is 5.77. The molecule has 1 amide bonds. The number of carbonyl (C=O) groups excluding carboxylic acids is 1. The van der Waals surface area contributed by atoms with E-state index in [1.165, 1.54) is 12.1 Å². The third kappa shape index (κ3) is 4.49. The second-order valence-corrected chi connectivity index (χ2v) is 5.88. The van der Waals surface area contributed by atoms with Gasteiger partial charge in [-0.3, -0.25) is 4.79 Å². The number of hydrogen-bond donors (Lipinski definition) is 0. The third-order valence-electron chi connectivity index (χ3n) is 3.97. The van der Waals surface area contributed by atoms with E-state index in [9.17, 15) is 18.0 Å². The summed E-state index contributed by atoms with van der Waals surface area (Å²) in [6, 6.07) is 13.2. The van der Waals surface area contributed by atoms with Crippen molar-refractivity contribution in [1.82, 2.24) is 9.88 Å². The molecule has 0 radical (unpaired) electrons. The lowest BCUT2D eigenvalue weighted by Crippen LogP contribution is -2.56. The van der Waals surface area contributed by atoms with Crippen molar-refractivity contribution in [2.24, 2.45) is 0 Å². The first-order valence-corrected chi connectivity index (χ1v) is 7.94. The van der Waals surface area contributed by atoms with E-state index in [2.05, 4.69) is 4.98 Å². The number of rotatable bonds is 5. The van der Waals surface area contributed by atoms with Crippen molar-refractivity contribution in [2.45, 2.75) is 25.1 Å². The summed E-state index contributed by atoms with van der Waals surface area (Å²) in [6.07, 6.45) is -3.76. The first-order valence-electron chi connectivity index (χ1n) is 7.94. The maximum atomic E-state index is 12.6. The molecular weight excluding hydrogens is 333 g/mol. The van der Waals surface area contributed by atoms with Crippen LogP contribution in [0.4, 0.5) is 13.2 Å². The molecule has 1 saturated heterocycles. The van der Waals surface area contributed by atoms with E-state index < -0.39 is 11.9 Å². The molecular formula is C18H17F3N2O2. The minimum atomic E-state index is -4.50. The molecule has 1 fully saturated rings. The number of hydrogen-bond acceptors (Lipinski definition) is 3. The summed E-state index contributed by atoms with van der Waals surface area (Å²) in [7, 11) is 0. The maximum absolute atomic E-state index is 12.6. The van der Waals surface area contributed by atoms with E-state index >= 15 is 0 Å². The number of halogens is 3. The fourth-order valence-electron chi connectivity index (χ4n) is 2.58. The Balaban J connectivity index is 1.46. The van der Waals surface area contributed by atoms with Crippen LogP contribution < -0.4 is 4.74 Å². The van der Waals surface area contributed by atoms with E-state index in [1.54, 1.807) is 4.90 Å². The number of likely N-dealkylation sites (tertiary alicyclic amines) is 1. The number of carbonyl (C=O) groups is 1. The first kappa shape index (κ1) is 17.3. The molecule has 25 heavy (non-hydrogen) atoms. The van der Waals surface area contributed by atoms with Crippen LogP contribution in [0.3, 0.4) is 0 Å². The van der Waals surface area contributed by atoms with Gasteiger partial charge >= 0.3 is 6.18 Å². The van der Waals surface area contributed by atoms with Crippen LogP contribution in [0.2, 0.25) is 0 Å². The number of nitrogens with zero attached hydrogens (tertiary/aromatic N) is 2. The first-order chi connectivity index (χ1) is 11.9. The third-order valence-corrected chi connectivity index (χ3v) is 3.97. The van der Waals surface area contributed by atoms with Gasteiger partial charge in [-0.25, -0.2) is 4.98 Å². The van der Waals surface area contributed by atoms with Crippen LogP contribution >= 0.6 is 0 Å². The Bertz CT molecular complexity index is 729. The Hall–Kier alpha value is -2.57. The number of aryl methyl sites for hydroxylation is 1. The molecule has 1 aromatic carbocycles. The lowest BCUT2D eigenvalue weighted by Gasteiger charge is -2.38. The molecule has 0 atom stereocenters. The van der Waals surface area contributed by atoms with Gasteiger partial charge in [-0.2, -0.15) is 13.2 Å².